The number of fused-ring (bicyclic) bond motifs is 2. The fourth-order valence-electron chi connectivity index (χ4n) is 3.63. The quantitative estimate of drug-likeness (QED) is 0.312. The van der Waals surface area contributed by atoms with E-state index in [2.05, 4.69) is 0 Å². The van der Waals surface area contributed by atoms with Crippen LogP contribution in [0.1, 0.15) is 27.0 Å². The van der Waals surface area contributed by atoms with Crippen LogP contribution in [0.4, 0.5) is 0 Å². The van der Waals surface area contributed by atoms with Crippen molar-refractivity contribution in [2.75, 3.05) is 6.79 Å². The van der Waals surface area contributed by atoms with Crippen LogP contribution in [0.5, 0.6) is 23.0 Å². The molecule has 0 bridgehead atoms. The van der Waals surface area contributed by atoms with Crippen molar-refractivity contribution in [3.63, 3.8) is 0 Å². The van der Waals surface area contributed by atoms with Crippen LogP contribution in [0.15, 0.2) is 60.4 Å². The molecule has 0 aromatic heterocycles. The van der Waals surface area contributed by atoms with Crippen molar-refractivity contribution in [2.24, 2.45) is 0 Å². The van der Waals surface area contributed by atoms with Crippen LogP contribution in [-0.4, -0.2) is 18.5 Å². The molecule has 5 rings (SSSR count). The lowest BCUT2D eigenvalue weighted by atomic mass is 10.0. The molecule has 6 nitrogen and oxygen atoms in total. The molecule has 3 aromatic rings. The highest BCUT2D eigenvalue weighted by molar-refractivity contribution is 6.30. The number of Topliss-reactive ketones (excluding diaryl/α,β-unsaturated/α-hetero) is 1. The van der Waals surface area contributed by atoms with E-state index in [0.717, 1.165) is 11.1 Å². The highest BCUT2D eigenvalue weighted by atomic mass is 35.5. The smallest absolute Gasteiger partial charge is 0.315 e. The summed E-state index contributed by atoms with van der Waals surface area (Å²) in [4.78, 5) is 25.2. The van der Waals surface area contributed by atoms with E-state index >= 15 is 0 Å². The summed E-state index contributed by atoms with van der Waals surface area (Å²) < 4.78 is 22.0. The molecule has 0 N–H and O–H groups in total. The van der Waals surface area contributed by atoms with E-state index in [-0.39, 0.29) is 24.8 Å². The lowest BCUT2D eigenvalue weighted by Gasteiger charge is -2.08. The van der Waals surface area contributed by atoms with E-state index in [4.69, 9.17) is 30.5 Å². The number of carbonyl (C=O) groups excluding carboxylic acids is 2. The SMILES string of the molecule is Cc1cc(OC(=O)Cc2ccc(Cl)cc2)cc2c1C(=O)/C(=C/c1ccc3c(c1)OCO3)O2. The Kier molecular flexibility index (Phi) is 5.07. The molecule has 0 aliphatic carbocycles. The molecule has 3 aromatic carbocycles. The zero-order valence-corrected chi connectivity index (χ0v) is 17.8. The number of benzene rings is 3. The molecule has 0 saturated heterocycles. The summed E-state index contributed by atoms with van der Waals surface area (Å²) in [7, 11) is 0. The van der Waals surface area contributed by atoms with Crippen molar-refractivity contribution in [1.82, 2.24) is 0 Å². The molecular weight excluding hydrogens is 432 g/mol. The van der Waals surface area contributed by atoms with E-state index in [1.54, 1.807) is 61.5 Å². The summed E-state index contributed by atoms with van der Waals surface area (Å²) in [6.07, 6.45) is 1.75. The Bertz CT molecular complexity index is 1280. The molecule has 0 saturated carbocycles. The Morgan fingerprint density at radius 1 is 1.03 bits per heavy atom. The van der Waals surface area contributed by atoms with E-state index in [1.807, 2.05) is 6.07 Å². The van der Waals surface area contributed by atoms with Crippen LogP contribution in [0.25, 0.3) is 6.08 Å². The fraction of sp³-hybridized carbons (Fsp3) is 0.120. The second-order valence-corrected chi connectivity index (χ2v) is 7.88. The molecule has 2 aliphatic heterocycles. The zero-order chi connectivity index (χ0) is 22.2. The van der Waals surface area contributed by atoms with Gasteiger partial charge in [0.05, 0.1) is 12.0 Å². The van der Waals surface area contributed by atoms with Gasteiger partial charge in [-0.25, -0.2) is 0 Å². The lowest BCUT2D eigenvalue weighted by Crippen LogP contribution is -2.11. The Morgan fingerprint density at radius 3 is 2.62 bits per heavy atom. The van der Waals surface area contributed by atoms with Crippen LogP contribution in [0.3, 0.4) is 0 Å². The molecule has 0 unspecified atom stereocenters. The van der Waals surface area contributed by atoms with E-state index in [9.17, 15) is 9.59 Å². The van der Waals surface area contributed by atoms with Crippen molar-refractivity contribution in [1.29, 1.82) is 0 Å². The number of hydrogen-bond acceptors (Lipinski definition) is 6. The van der Waals surface area contributed by atoms with Gasteiger partial charge in [-0.15, -0.1) is 0 Å². The van der Waals surface area contributed by atoms with Gasteiger partial charge in [0, 0.05) is 11.1 Å². The number of ether oxygens (including phenoxy) is 4. The minimum absolute atomic E-state index is 0.0996. The van der Waals surface area contributed by atoms with Crippen molar-refractivity contribution < 1.29 is 28.5 Å². The Balaban J connectivity index is 1.34. The molecule has 0 atom stereocenters. The molecule has 2 heterocycles. The van der Waals surface area contributed by atoms with Crippen molar-refractivity contribution in [3.8, 4) is 23.0 Å². The van der Waals surface area contributed by atoms with Gasteiger partial charge in [0.15, 0.2) is 17.3 Å². The number of rotatable bonds is 4. The number of halogens is 1. The maximum absolute atomic E-state index is 12.9. The normalized spacial score (nSPS) is 14.9. The van der Waals surface area contributed by atoms with Gasteiger partial charge in [0.25, 0.3) is 0 Å². The minimum atomic E-state index is -0.424. The van der Waals surface area contributed by atoms with Gasteiger partial charge >= 0.3 is 5.97 Å². The Hall–Kier alpha value is -3.77. The predicted octanol–water partition coefficient (Wildman–Crippen LogP) is 5.14. The standard InChI is InChI=1S/C25H17ClO6/c1-14-8-18(31-23(27)11-15-2-5-17(26)6-3-15)12-21-24(14)25(28)22(32-21)10-16-4-7-19-20(9-16)30-13-29-19/h2-10,12H,11,13H2,1H3/b22-10-. The molecule has 0 amide bonds. The first-order valence-electron chi connectivity index (χ1n) is 9.90. The summed E-state index contributed by atoms with van der Waals surface area (Å²) in [5.74, 6) is 1.49. The number of ketones is 1. The molecule has 32 heavy (non-hydrogen) atoms. The van der Waals surface area contributed by atoms with Crippen LogP contribution >= 0.6 is 11.6 Å². The van der Waals surface area contributed by atoms with E-state index in [1.165, 1.54) is 0 Å². The summed E-state index contributed by atoms with van der Waals surface area (Å²) in [6, 6.07) is 15.6. The van der Waals surface area contributed by atoms with Crippen LogP contribution in [0.2, 0.25) is 5.02 Å². The first kappa shape index (κ1) is 20.2. The molecule has 0 radical (unpaired) electrons. The van der Waals surface area contributed by atoms with Gasteiger partial charge in [-0.05, 0) is 60.0 Å². The first-order valence-corrected chi connectivity index (χ1v) is 10.3. The average molecular weight is 449 g/mol. The van der Waals surface area contributed by atoms with Gasteiger partial charge in [-0.2, -0.15) is 0 Å². The van der Waals surface area contributed by atoms with Gasteiger partial charge in [0.2, 0.25) is 12.6 Å². The monoisotopic (exact) mass is 448 g/mol. The summed E-state index contributed by atoms with van der Waals surface area (Å²) >= 11 is 5.87. The number of hydrogen-bond donors (Lipinski definition) is 0. The van der Waals surface area contributed by atoms with Gasteiger partial charge in [-0.1, -0.05) is 29.8 Å². The van der Waals surface area contributed by atoms with Gasteiger partial charge in [0.1, 0.15) is 11.5 Å². The predicted molar refractivity (Wildman–Crippen MR) is 117 cm³/mol. The fourth-order valence-corrected chi connectivity index (χ4v) is 3.75. The topological polar surface area (TPSA) is 71.1 Å². The van der Waals surface area contributed by atoms with Crippen molar-refractivity contribution in [3.05, 3.63) is 87.6 Å². The van der Waals surface area contributed by atoms with Crippen LogP contribution < -0.4 is 18.9 Å². The van der Waals surface area contributed by atoms with E-state index < -0.39 is 5.97 Å². The number of allylic oxidation sites excluding steroid dienone is 1. The lowest BCUT2D eigenvalue weighted by molar-refractivity contribution is -0.133. The third-order valence-corrected chi connectivity index (χ3v) is 5.38. The second kappa shape index (κ2) is 8.05. The highest BCUT2D eigenvalue weighted by Gasteiger charge is 2.30. The van der Waals surface area contributed by atoms with Crippen LogP contribution in [-0.2, 0) is 11.2 Å². The number of esters is 1. The van der Waals surface area contributed by atoms with Gasteiger partial charge in [-0.3, -0.25) is 9.59 Å². The molecular formula is C25H17ClO6. The maximum Gasteiger partial charge on any atom is 0.315 e. The largest absolute Gasteiger partial charge is 0.454 e. The molecule has 7 heteroatoms. The number of aryl methyl sites for hydroxylation is 1. The van der Waals surface area contributed by atoms with E-state index in [0.29, 0.717) is 39.1 Å². The zero-order valence-electron chi connectivity index (χ0n) is 17.0. The molecule has 0 fully saturated rings. The third kappa shape index (κ3) is 3.92. The average Bonchev–Trinajstić information content (AvgIpc) is 3.34. The Labute approximate surface area is 188 Å². The molecule has 2 aliphatic rings. The maximum atomic E-state index is 12.9. The number of carbonyl (C=O) groups is 2. The first-order chi connectivity index (χ1) is 15.5. The summed E-state index contributed by atoms with van der Waals surface area (Å²) in [5.41, 5.74) is 2.65. The molecule has 160 valence electrons. The summed E-state index contributed by atoms with van der Waals surface area (Å²) in [5, 5.41) is 0.600. The third-order valence-electron chi connectivity index (χ3n) is 5.13. The highest BCUT2D eigenvalue weighted by Crippen LogP contribution is 2.39. The van der Waals surface area contributed by atoms with Crippen molar-refractivity contribution >= 4 is 29.4 Å². The molecule has 0 spiro atoms. The second-order valence-electron chi connectivity index (χ2n) is 7.44. The summed E-state index contributed by atoms with van der Waals surface area (Å²) in [6.45, 7) is 1.95. The van der Waals surface area contributed by atoms with Crippen molar-refractivity contribution in [2.45, 2.75) is 13.3 Å². The van der Waals surface area contributed by atoms with Crippen LogP contribution in [0, 0.1) is 6.92 Å². The Morgan fingerprint density at radius 2 is 1.81 bits per heavy atom. The van der Waals surface area contributed by atoms with Gasteiger partial charge < -0.3 is 18.9 Å². The minimum Gasteiger partial charge on any atom is -0.454 e.